The lowest BCUT2D eigenvalue weighted by molar-refractivity contribution is -0.128. The Morgan fingerprint density at radius 2 is 1.76 bits per heavy atom. The Morgan fingerprint density at radius 1 is 1.08 bits per heavy atom. The maximum atomic E-state index is 13.8. The third kappa shape index (κ3) is 4.58. The van der Waals surface area contributed by atoms with Gasteiger partial charge in [-0.2, -0.15) is 0 Å². The monoisotopic (exact) mass is 553 g/mol. The molecule has 1 atom stereocenters. The molecule has 0 saturated carbocycles. The van der Waals surface area contributed by atoms with Crippen molar-refractivity contribution in [2.75, 3.05) is 24.3 Å². The molecule has 1 aliphatic rings. The molecule has 1 amide bonds. The first-order valence-corrected chi connectivity index (χ1v) is 14.8. The van der Waals surface area contributed by atoms with Crippen molar-refractivity contribution < 1.29 is 13.2 Å². The number of sulfone groups is 1. The molecule has 2 aromatic carbocycles. The summed E-state index contributed by atoms with van der Waals surface area (Å²) in [4.78, 5) is 46.6. The topological polar surface area (TPSA) is 116 Å². The molecule has 0 bridgehead atoms. The van der Waals surface area contributed by atoms with Crippen LogP contribution < -0.4 is 11.1 Å². The summed E-state index contributed by atoms with van der Waals surface area (Å²) >= 11 is 1.05. The van der Waals surface area contributed by atoms with E-state index in [9.17, 15) is 22.8 Å². The van der Waals surface area contributed by atoms with E-state index in [4.69, 9.17) is 0 Å². The number of carbonyl (C=O) groups is 1. The van der Waals surface area contributed by atoms with Crippen LogP contribution in [0.3, 0.4) is 0 Å². The third-order valence-corrected chi connectivity index (χ3v) is 9.64. The molecule has 4 aromatic rings. The van der Waals surface area contributed by atoms with E-state index in [1.165, 1.54) is 14.1 Å². The minimum atomic E-state index is -3.15. The Labute approximate surface area is 223 Å². The second-order valence-electron chi connectivity index (χ2n) is 9.31. The van der Waals surface area contributed by atoms with Crippen LogP contribution >= 0.6 is 11.8 Å². The van der Waals surface area contributed by atoms with Gasteiger partial charge in [0.15, 0.2) is 15.0 Å². The van der Waals surface area contributed by atoms with E-state index in [-0.39, 0.29) is 40.1 Å². The van der Waals surface area contributed by atoms with Gasteiger partial charge in [0.2, 0.25) is 5.91 Å². The number of aromatic nitrogens is 4. The standard InChI is InChI=1S/C26H27N5O5S2/c1-17-23(25(34)31(29(17)3)18-9-5-4-6-10-18)30-24(33)20-11-7-8-12-21(20)27-26(30)37-15-22(32)28(2)19-13-14-38(35,36)16-19/h4-12,19H,13-16H2,1-3H3/t19-/m0/s1. The minimum Gasteiger partial charge on any atom is -0.341 e. The molecule has 0 spiro atoms. The number of para-hydroxylation sites is 2. The molecule has 198 valence electrons. The second-order valence-corrected chi connectivity index (χ2v) is 12.5. The number of fused-ring (bicyclic) bond motifs is 1. The molecule has 0 aliphatic carbocycles. The molecular weight excluding hydrogens is 526 g/mol. The van der Waals surface area contributed by atoms with Crippen LogP contribution in [0.25, 0.3) is 22.3 Å². The molecule has 10 nitrogen and oxygen atoms in total. The second kappa shape index (κ2) is 9.91. The molecule has 3 heterocycles. The Kier molecular flexibility index (Phi) is 6.78. The number of amides is 1. The molecule has 1 fully saturated rings. The van der Waals surface area contributed by atoms with Crippen molar-refractivity contribution in [1.29, 1.82) is 0 Å². The third-order valence-electron chi connectivity index (χ3n) is 6.97. The zero-order chi connectivity index (χ0) is 27.2. The number of hydrogen-bond donors (Lipinski definition) is 0. The molecule has 5 rings (SSSR count). The van der Waals surface area contributed by atoms with Crippen molar-refractivity contribution in [2.24, 2.45) is 7.05 Å². The lowest BCUT2D eigenvalue weighted by atomic mass is 10.2. The summed E-state index contributed by atoms with van der Waals surface area (Å²) in [6.07, 6.45) is 0.399. The summed E-state index contributed by atoms with van der Waals surface area (Å²) in [6.45, 7) is 1.76. The predicted octanol–water partition coefficient (Wildman–Crippen LogP) is 1.92. The molecule has 0 unspecified atom stereocenters. The first kappa shape index (κ1) is 26.0. The maximum Gasteiger partial charge on any atom is 0.296 e. The molecule has 38 heavy (non-hydrogen) atoms. The average Bonchev–Trinajstić information content (AvgIpc) is 3.38. The Hall–Kier alpha value is -3.64. The number of carbonyl (C=O) groups excluding carboxylic acids is 1. The molecule has 2 aromatic heterocycles. The number of hydrogen-bond acceptors (Lipinski definition) is 7. The summed E-state index contributed by atoms with van der Waals surface area (Å²) in [5, 5.41) is 0.561. The van der Waals surface area contributed by atoms with E-state index >= 15 is 0 Å². The van der Waals surface area contributed by atoms with Gasteiger partial charge in [0, 0.05) is 20.1 Å². The van der Waals surface area contributed by atoms with E-state index in [1.54, 1.807) is 62.1 Å². The molecule has 1 aliphatic heterocycles. The lowest BCUT2D eigenvalue weighted by Gasteiger charge is -2.23. The van der Waals surface area contributed by atoms with Crippen LogP contribution in [-0.4, -0.2) is 68.5 Å². The molecule has 0 N–H and O–H groups in total. The molecule has 1 saturated heterocycles. The fourth-order valence-electron chi connectivity index (χ4n) is 4.73. The number of nitrogens with zero attached hydrogens (tertiary/aromatic N) is 5. The normalized spacial score (nSPS) is 16.7. The fraction of sp³-hybridized carbons (Fsp3) is 0.308. The van der Waals surface area contributed by atoms with Crippen molar-refractivity contribution in [3.63, 3.8) is 0 Å². The number of thioether (sulfide) groups is 1. The van der Waals surface area contributed by atoms with E-state index in [0.29, 0.717) is 28.7 Å². The van der Waals surface area contributed by atoms with Gasteiger partial charge in [-0.25, -0.2) is 22.7 Å². The molecule has 0 radical (unpaired) electrons. The summed E-state index contributed by atoms with van der Waals surface area (Å²) in [6, 6.07) is 15.6. The minimum absolute atomic E-state index is 0.0545. The zero-order valence-electron chi connectivity index (χ0n) is 21.2. The van der Waals surface area contributed by atoms with Gasteiger partial charge in [-0.3, -0.25) is 19.1 Å². The van der Waals surface area contributed by atoms with Crippen LogP contribution in [0.15, 0.2) is 69.3 Å². The van der Waals surface area contributed by atoms with Gasteiger partial charge < -0.3 is 4.90 Å². The average molecular weight is 554 g/mol. The van der Waals surface area contributed by atoms with Crippen LogP contribution in [0, 0.1) is 6.92 Å². The van der Waals surface area contributed by atoms with Gasteiger partial charge in [0.25, 0.3) is 11.1 Å². The van der Waals surface area contributed by atoms with Crippen molar-refractivity contribution in [2.45, 2.75) is 24.5 Å². The van der Waals surface area contributed by atoms with E-state index in [1.807, 2.05) is 18.2 Å². The maximum absolute atomic E-state index is 13.8. The summed E-state index contributed by atoms with van der Waals surface area (Å²) < 4.78 is 28.2. The van der Waals surface area contributed by atoms with Crippen LogP contribution in [0.4, 0.5) is 0 Å². The first-order valence-electron chi connectivity index (χ1n) is 12.0. The largest absolute Gasteiger partial charge is 0.341 e. The van der Waals surface area contributed by atoms with Gasteiger partial charge in [-0.1, -0.05) is 42.1 Å². The highest BCUT2D eigenvalue weighted by Gasteiger charge is 2.33. The zero-order valence-corrected chi connectivity index (χ0v) is 22.8. The molecular formula is C26H27N5O5S2. The highest BCUT2D eigenvalue weighted by atomic mass is 32.2. The van der Waals surface area contributed by atoms with Crippen molar-refractivity contribution in [3.8, 4) is 11.4 Å². The Morgan fingerprint density at radius 3 is 2.45 bits per heavy atom. The van der Waals surface area contributed by atoms with Crippen LogP contribution in [0.5, 0.6) is 0 Å². The van der Waals surface area contributed by atoms with Crippen LogP contribution in [0.1, 0.15) is 12.1 Å². The van der Waals surface area contributed by atoms with E-state index in [0.717, 1.165) is 11.8 Å². The summed E-state index contributed by atoms with van der Waals surface area (Å²) in [7, 11) is 0.190. The summed E-state index contributed by atoms with van der Waals surface area (Å²) in [5.41, 5.74) is 1.01. The first-order chi connectivity index (χ1) is 18.1. The van der Waals surface area contributed by atoms with Gasteiger partial charge >= 0.3 is 0 Å². The highest BCUT2D eigenvalue weighted by molar-refractivity contribution is 7.99. The smallest absolute Gasteiger partial charge is 0.296 e. The summed E-state index contributed by atoms with van der Waals surface area (Å²) in [5.74, 6) is -0.343. The lowest BCUT2D eigenvalue weighted by Crippen LogP contribution is -2.39. The van der Waals surface area contributed by atoms with Gasteiger partial charge in [-0.15, -0.1) is 0 Å². The number of rotatable bonds is 6. The van der Waals surface area contributed by atoms with Gasteiger partial charge in [-0.05, 0) is 37.6 Å². The van der Waals surface area contributed by atoms with Gasteiger partial charge in [0.05, 0.1) is 39.5 Å². The van der Waals surface area contributed by atoms with Crippen LogP contribution in [0.2, 0.25) is 0 Å². The molecule has 12 heteroatoms. The van der Waals surface area contributed by atoms with Crippen molar-refractivity contribution in [3.05, 3.63) is 81.0 Å². The van der Waals surface area contributed by atoms with E-state index < -0.39 is 21.0 Å². The van der Waals surface area contributed by atoms with Crippen LogP contribution in [-0.2, 0) is 21.7 Å². The van der Waals surface area contributed by atoms with Crippen molar-refractivity contribution >= 4 is 38.4 Å². The fourth-order valence-corrected chi connectivity index (χ4v) is 7.43. The van der Waals surface area contributed by atoms with Crippen molar-refractivity contribution in [1.82, 2.24) is 23.8 Å². The quantitative estimate of drug-likeness (QED) is 0.265. The predicted molar refractivity (Wildman–Crippen MR) is 147 cm³/mol. The van der Waals surface area contributed by atoms with E-state index in [2.05, 4.69) is 4.98 Å². The Bertz CT molecular complexity index is 1770. The number of benzene rings is 2. The van der Waals surface area contributed by atoms with Gasteiger partial charge in [0.1, 0.15) is 5.69 Å². The Balaban J connectivity index is 1.59. The highest BCUT2D eigenvalue weighted by Crippen LogP contribution is 2.24. The SMILES string of the molecule is Cc1c(-n2c(SCC(=O)N(C)[C@H]3CCS(=O)(=O)C3)nc3ccccc3c2=O)c(=O)n(-c2ccccc2)n1C.